The van der Waals surface area contributed by atoms with Gasteiger partial charge < -0.3 is 15.1 Å². The maximum Gasteiger partial charge on any atom is 0.287 e. The highest BCUT2D eigenvalue weighted by Gasteiger charge is 2.17. The lowest BCUT2D eigenvalue weighted by Crippen LogP contribution is -2.45. The lowest BCUT2D eigenvalue weighted by molar-refractivity contribution is -0.122. The number of amides is 2. The quantitative estimate of drug-likeness (QED) is 0.681. The van der Waals surface area contributed by atoms with E-state index in [0.29, 0.717) is 18.8 Å². The zero-order chi connectivity index (χ0) is 14.4. The Bertz CT molecular complexity index is 550. The van der Waals surface area contributed by atoms with Crippen LogP contribution in [-0.4, -0.2) is 39.6 Å². The number of H-pyrrole nitrogens is 1. The molecule has 106 valence electrons. The third kappa shape index (κ3) is 3.67. The van der Waals surface area contributed by atoms with Crippen LogP contribution < -0.4 is 10.6 Å². The van der Waals surface area contributed by atoms with Crippen LogP contribution in [-0.2, 0) is 11.2 Å². The number of aromatic nitrogens is 3. The molecule has 0 saturated carbocycles. The Balaban J connectivity index is 1.73. The summed E-state index contributed by atoms with van der Waals surface area (Å²) in [5.41, 5.74) is 0. The summed E-state index contributed by atoms with van der Waals surface area (Å²) in [6.07, 6.45) is 3.35. The minimum atomic E-state index is -0.651. The lowest BCUT2D eigenvalue weighted by Gasteiger charge is -2.12. The van der Waals surface area contributed by atoms with Gasteiger partial charge in [-0.3, -0.25) is 14.7 Å². The van der Waals surface area contributed by atoms with Gasteiger partial charge in [-0.1, -0.05) is 0 Å². The molecule has 0 radical (unpaired) electrons. The van der Waals surface area contributed by atoms with E-state index in [9.17, 15) is 9.59 Å². The molecule has 0 saturated heterocycles. The molecular weight excluding hydrogens is 262 g/mol. The van der Waals surface area contributed by atoms with Crippen LogP contribution in [0.25, 0.3) is 0 Å². The van der Waals surface area contributed by atoms with Crippen molar-refractivity contribution in [3.8, 4) is 0 Å². The molecule has 20 heavy (non-hydrogen) atoms. The van der Waals surface area contributed by atoms with E-state index in [1.54, 1.807) is 13.0 Å². The van der Waals surface area contributed by atoms with E-state index in [0.717, 1.165) is 0 Å². The van der Waals surface area contributed by atoms with Gasteiger partial charge in [0.1, 0.15) is 18.2 Å². The van der Waals surface area contributed by atoms with Gasteiger partial charge in [0.15, 0.2) is 5.76 Å². The summed E-state index contributed by atoms with van der Waals surface area (Å²) < 4.78 is 4.94. The minimum Gasteiger partial charge on any atom is -0.459 e. The van der Waals surface area contributed by atoms with E-state index in [-0.39, 0.29) is 11.7 Å². The van der Waals surface area contributed by atoms with Crippen molar-refractivity contribution < 1.29 is 14.0 Å². The molecule has 1 unspecified atom stereocenters. The highest BCUT2D eigenvalue weighted by atomic mass is 16.3. The summed E-state index contributed by atoms with van der Waals surface area (Å²) in [5, 5.41) is 11.6. The SMILES string of the molecule is CC(NC(=O)c1ccco1)C(=O)NCCc1ncn[nH]1. The Morgan fingerprint density at radius 3 is 3.00 bits per heavy atom. The molecule has 0 fully saturated rings. The molecule has 0 aliphatic rings. The van der Waals surface area contributed by atoms with E-state index in [1.165, 1.54) is 18.7 Å². The molecule has 8 nitrogen and oxygen atoms in total. The zero-order valence-electron chi connectivity index (χ0n) is 10.9. The molecule has 0 aliphatic heterocycles. The van der Waals surface area contributed by atoms with Crippen LogP contribution in [0.2, 0.25) is 0 Å². The van der Waals surface area contributed by atoms with Gasteiger partial charge in [0.25, 0.3) is 5.91 Å². The molecule has 1 atom stereocenters. The molecule has 0 bridgehead atoms. The fourth-order valence-corrected chi connectivity index (χ4v) is 1.55. The second-order valence-electron chi connectivity index (χ2n) is 4.15. The Hall–Kier alpha value is -2.64. The molecule has 2 aromatic heterocycles. The Morgan fingerprint density at radius 1 is 1.50 bits per heavy atom. The average molecular weight is 277 g/mol. The molecule has 0 aromatic carbocycles. The first kappa shape index (κ1) is 13.8. The highest BCUT2D eigenvalue weighted by Crippen LogP contribution is 2.00. The molecular formula is C12H15N5O3. The number of nitrogens with one attached hydrogen (secondary N) is 3. The number of rotatable bonds is 6. The van der Waals surface area contributed by atoms with Crippen molar-refractivity contribution >= 4 is 11.8 Å². The van der Waals surface area contributed by atoms with Crippen molar-refractivity contribution in [2.75, 3.05) is 6.54 Å². The number of aromatic amines is 1. The van der Waals surface area contributed by atoms with Gasteiger partial charge in [0.2, 0.25) is 5.91 Å². The number of hydrogen-bond donors (Lipinski definition) is 3. The Kier molecular flexibility index (Phi) is 4.48. The van der Waals surface area contributed by atoms with Crippen molar-refractivity contribution in [3.63, 3.8) is 0 Å². The van der Waals surface area contributed by atoms with Crippen LogP contribution in [0, 0.1) is 0 Å². The van der Waals surface area contributed by atoms with Gasteiger partial charge >= 0.3 is 0 Å². The maximum absolute atomic E-state index is 11.8. The van der Waals surface area contributed by atoms with Crippen LogP contribution in [0.5, 0.6) is 0 Å². The fraction of sp³-hybridized carbons (Fsp3) is 0.333. The van der Waals surface area contributed by atoms with E-state index < -0.39 is 11.9 Å². The second kappa shape index (κ2) is 6.50. The molecule has 0 spiro atoms. The van der Waals surface area contributed by atoms with Crippen molar-refractivity contribution in [3.05, 3.63) is 36.3 Å². The van der Waals surface area contributed by atoms with Crippen molar-refractivity contribution in [1.29, 1.82) is 0 Å². The van der Waals surface area contributed by atoms with Crippen LogP contribution in [0.3, 0.4) is 0 Å². The number of carbonyl (C=O) groups excluding carboxylic acids is 2. The van der Waals surface area contributed by atoms with Gasteiger partial charge in [0.05, 0.1) is 6.26 Å². The largest absolute Gasteiger partial charge is 0.459 e. The fourth-order valence-electron chi connectivity index (χ4n) is 1.55. The zero-order valence-corrected chi connectivity index (χ0v) is 10.9. The van der Waals surface area contributed by atoms with Crippen LogP contribution in [0.4, 0.5) is 0 Å². The number of nitrogens with zero attached hydrogens (tertiary/aromatic N) is 2. The van der Waals surface area contributed by atoms with Crippen molar-refractivity contribution in [1.82, 2.24) is 25.8 Å². The smallest absolute Gasteiger partial charge is 0.287 e. The van der Waals surface area contributed by atoms with E-state index >= 15 is 0 Å². The van der Waals surface area contributed by atoms with Crippen LogP contribution in [0.1, 0.15) is 23.3 Å². The van der Waals surface area contributed by atoms with Crippen molar-refractivity contribution in [2.45, 2.75) is 19.4 Å². The Labute approximate surface area is 115 Å². The molecule has 3 N–H and O–H groups in total. The second-order valence-corrected chi connectivity index (χ2v) is 4.15. The first-order valence-corrected chi connectivity index (χ1v) is 6.13. The first-order chi connectivity index (χ1) is 9.66. The van der Waals surface area contributed by atoms with Gasteiger partial charge in [-0.05, 0) is 19.1 Å². The Morgan fingerprint density at radius 2 is 2.35 bits per heavy atom. The predicted molar refractivity (Wildman–Crippen MR) is 68.7 cm³/mol. The van der Waals surface area contributed by atoms with Gasteiger partial charge in [-0.25, -0.2) is 4.98 Å². The standard InChI is InChI=1S/C12H15N5O3/c1-8(16-12(19)9-3-2-6-20-9)11(18)13-5-4-10-14-7-15-17-10/h2-3,6-8H,4-5H2,1H3,(H,13,18)(H,16,19)(H,14,15,17). The monoisotopic (exact) mass is 277 g/mol. The maximum atomic E-state index is 11.8. The normalized spacial score (nSPS) is 11.8. The highest BCUT2D eigenvalue weighted by molar-refractivity contribution is 5.95. The average Bonchev–Trinajstić information content (AvgIpc) is 3.11. The third-order valence-corrected chi connectivity index (χ3v) is 2.61. The summed E-state index contributed by atoms with van der Waals surface area (Å²) >= 11 is 0. The first-order valence-electron chi connectivity index (χ1n) is 6.13. The van der Waals surface area contributed by atoms with Crippen LogP contribution in [0.15, 0.2) is 29.1 Å². The molecule has 0 aliphatic carbocycles. The van der Waals surface area contributed by atoms with Gasteiger partial charge in [-0.2, -0.15) is 5.10 Å². The molecule has 2 aromatic rings. The topological polar surface area (TPSA) is 113 Å². The predicted octanol–water partition coefficient (Wildman–Crippen LogP) is -0.125. The number of furan rings is 1. The number of hydrogen-bond acceptors (Lipinski definition) is 5. The molecule has 2 rings (SSSR count). The van der Waals surface area contributed by atoms with Gasteiger partial charge in [0, 0.05) is 13.0 Å². The lowest BCUT2D eigenvalue weighted by atomic mass is 10.3. The molecule has 8 heteroatoms. The minimum absolute atomic E-state index is 0.173. The summed E-state index contributed by atoms with van der Waals surface area (Å²) in [4.78, 5) is 27.4. The summed E-state index contributed by atoms with van der Waals surface area (Å²) in [6.45, 7) is 2.01. The van der Waals surface area contributed by atoms with Crippen molar-refractivity contribution in [2.24, 2.45) is 0 Å². The molecule has 2 heterocycles. The number of carbonyl (C=O) groups is 2. The van der Waals surface area contributed by atoms with E-state index in [4.69, 9.17) is 4.42 Å². The molecule has 2 amide bonds. The summed E-state index contributed by atoms with van der Waals surface area (Å²) in [6, 6.07) is 2.49. The van der Waals surface area contributed by atoms with E-state index in [2.05, 4.69) is 25.8 Å². The van der Waals surface area contributed by atoms with Gasteiger partial charge in [-0.15, -0.1) is 0 Å². The van der Waals surface area contributed by atoms with E-state index in [1.807, 2.05) is 0 Å². The third-order valence-electron chi connectivity index (χ3n) is 2.61. The van der Waals surface area contributed by atoms with Crippen LogP contribution >= 0.6 is 0 Å². The summed E-state index contributed by atoms with van der Waals surface area (Å²) in [7, 11) is 0. The summed E-state index contributed by atoms with van der Waals surface area (Å²) in [5.74, 6) is 0.168.